The summed E-state index contributed by atoms with van der Waals surface area (Å²) in [5, 5.41) is 0. The van der Waals surface area contributed by atoms with Gasteiger partial charge in [-0.05, 0) is 38.4 Å². The fraction of sp³-hybridized carbons (Fsp3) is 0.619. The third kappa shape index (κ3) is 3.55. The van der Waals surface area contributed by atoms with Gasteiger partial charge in [-0.2, -0.15) is 0 Å². The number of aromatic nitrogens is 1. The van der Waals surface area contributed by atoms with Gasteiger partial charge in [0, 0.05) is 49.6 Å². The first-order valence-electron chi connectivity index (χ1n) is 9.76. The highest BCUT2D eigenvalue weighted by Gasteiger charge is 2.50. The minimum Gasteiger partial charge on any atom is -0.375 e. The Balaban J connectivity index is 1.35. The van der Waals surface area contributed by atoms with E-state index in [4.69, 9.17) is 4.74 Å². The smallest absolute Gasteiger partial charge is 0.226 e. The Labute approximate surface area is 156 Å². The van der Waals surface area contributed by atoms with Gasteiger partial charge in [0.2, 0.25) is 5.91 Å². The number of allylic oxidation sites excluding steroid dienone is 2. The van der Waals surface area contributed by atoms with E-state index in [0.29, 0.717) is 18.4 Å². The molecule has 2 aliphatic heterocycles. The van der Waals surface area contributed by atoms with E-state index < -0.39 is 0 Å². The van der Waals surface area contributed by atoms with Crippen molar-refractivity contribution >= 4 is 5.91 Å². The van der Waals surface area contributed by atoms with Crippen molar-refractivity contribution in [1.29, 1.82) is 0 Å². The molecule has 26 heavy (non-hydrogen) atoms. The molecule has 1 aromatic heterocycles. The average molecular weight is 355 g/mol. The number of carbonyl (C=O) groups is 1. The van der Waals surface area contributed by atoms with Gasteiger partial charge in [-0.1, -0.05) is 18.2 Å². The van der Waals surface area contributed by atoms with Gasteiger partial charge in [0.15, 0.2) is 0 Å². The molecule has 2 saturated heterocycles. The Hall–Kier alpha value is -1.72. The van der Waals surface area contributed by atoms with Crippen molar-refractivity contribution in [2.24, 2.45) is 17.3 Å². The number of nitrogens with zero attached hydrogens (tertiary/aromatic N) is 3. The molecule has 1 aromatic rings. The fourth-order valence-electron chi connectivity index (χ4n) is 4.94. The first kappa shape index (κ1) is 17.7. The molecule has 1 amide bonds. The van der Waals surface area contributed by atoms with Crippen molar-refractivity contribution < 1.29 is 9.53 Å². The quantitative estimate of drug-likeness (QED) is 0.761. The molecule has 0 unspecified atom stereocenters. The van der Waals surface area contributed by atoms with E-state index in [-0.39, 0.29) is 11.3 Å². The van der Waals surface area contributed by atoms with Crippen LogP contribution in [-0.4, -0.2) is 60.5 Å². The van der Waals surface area contributed by atoms with Crippen molar-refractivity contribution in [3.05, 3.63) is 42.2 Å². The monoisotopic (exact) mass is 355 g/mol. The summed E-state index contributed by atoms with van der Waals surface area (Å²) in [5.74, 6) is 1.02. The SMILES string of the molecule is CN1C[C@H](COCc2ccccn2)[C@@]2(CCN(C(=O)C3CC=CC3)C2)C1. The van der Waals surface area contributed by atoms with E-state index in [2.05, 4.69) is 34.0 Å². The van der Waals surface area contributed by atoms with Crippen molar-refractivity contribution in [1.82, 2.24) is 14.8 Å². The second-order valence-corrected chi connectivity index (χ2v) is 8.24. The van der Waals surface area contributed by atoms with Gasteiger partial charge in [-0.15, -0.1) is 0 Å². The van der Waals surface area contributed by atoms with Gasteiger partial charge >= 0.3 is 0 Å². The van der Waals surface area contributed by atoms with Gasteiger partial charge in [0.05, 0.1) is 18.9 Å². The zero-order chi connectivity index (χ0) is 18.0. The fourth-order valence-corrected chi connectivity index (χ4v) is 4.94. The molecule has 0 bridgehead atoms. The molecular weight excluding hydrogens is 326 g/mol. The summed E-state index contributed by atoms with van der Waals surface area (Å²) in [6.07, 6.45) is 9.03. The van der Waals surface area contributed by atoms with Crippen molar-refractivity contribution in [3.8, 4) is 0 Å². The molecule has 5 heteroatoms. The highest BCUT2D eigenvalue weighted by Crippen LogP contribution is 2.44. The highest BCUT2D eigenvalue weighted by atomic mass is 16.5. The molecule has 140 valence electrons. The Bertz CT molecular complexity index is 654. The van der Waals surface area contributed by atoms with E-state index in [9.17, 15) is 4.79 Å². The third-order valence-electron chi connectivity index (χ3n) is 6.33. The first-order chi connectivity index (χ1) is 12.7. The number of hydrogen-bond acceptors (Lipinski definition) is 4. The number of carbonyl (C=O) groups excluding carboxylic acids is 1. The van der Waals surface area contributed by atoms with E-state index in [0.717, 1.165) is 57.7 Å². The topological polar surface area (TPSA) is 45.7 Å². The van der Waals surface area contributed by atoms with E-state index in [1.807, 2.05) is 24.4 Å². The Morgan fingerprint density at radius 3 is 2.92 bits per heavy atom. The standard InChI is InChI=1S/C21H29N3O2/c1-23-12-18(13-26-14-19-8-4-5-10-22-19)21(15-23)9-11-24(16-21)20(25)17-6-2-3-7-17/h2-5,8,10,17-18H,6-7,9,11-16H2,1H3/t18-,21+/m1/s1. The van der Waals surface area contributed by atoms with Crippen molar-refractivity contribution in [2.75, 3.05) is 39.8 Å². The lowest BCUT2D eigenvalue weighted by atomic mass is 9.77. The number of rotatable bonds is 5. The largest absolute Gasteiger partial charge is 0.375 e. The van der Waals surface area contributed by atoms with Crippen LogP contribution in [0.4, 0.5) is 0 Å². The van der Waals surface area contributed by atoms with Crippen LogP contribution in [0.5, 0.6) is 0 Å². The van der Waals surface area contributed by atoms with Crippen LogP contribution in [-0.2, 0) is 16.1 Å². The summed E-state index contributed by atoms with van der Waals surface area (Å²) in [6.45, 7) is 5.22. The molecule has 1 spiro atoms. The predicted octanol–water partition coefficient (Wildman–Crippen LogP) is 2.34. The summed E-state index contributed by atoms with van der Waals surface area (Å²) < 4.78 is 6.03. The van der Waals surface area contributed by atoms with Crippen molar-refractivity contribution in [2.45, 2.75) is 25.9 Å². The second kappa shape index (κ2) is 7.49. The lowest BCUT2D eigenvalue weighted by molar-refractivity contribution is -0.134. The average Bonchev–Trinajstić information content (AvgIpc) is 3.37. The molecule has 3 aliphatic rings. The molecule has 5 nitrogen and oxygen atoms in total. The second-order valence-electron chi connectivity index (χ2n) is 8.24. The van der Waals surface area contributed by atoms with Crippen LogP contribution < -0.4 is 0 Å². The van der Waals surface area contributed by atoms with Gasteiger partial charge in [-0.3, -0.25) is 9.78 Å². The number of amides is 1. The van der Waals surface area contributed by atoms with Crippen LogP contribution in [0.25, 0.3) is 0 Å². The molecule has 2 fully saturated rings. The van der Waals surface area contributed by atoms with E-state index in [1.54, 1.807) is 0 Å². The lowest BCUT2D eigenvalue weighted by Gasteiger charge is -2.31. The maximum atomic E-state index is 12.8. The first-order valence-corrected chi connectivity index (χ1v) is 9.76. The number of pyridine rings is 1. The molecule has 1 aliphatic carbocycles. The van der Waals surface area contributed by atoms with Crippen LogP contribution >= 0.6 is 0 Å². The van der Waals surface area contributed by atoms with Gasteiger partial charge in [-0.25, -0.2) is 0 Å². The zero-order valence-corrected chi connectivity index (χ0v) is 15.6. The maximum absolute atomic E-state index is 12.8. The molecular formula is C21H29N3O2. The van der Waals surface area contributed by atoms with Gasteiger partial charge in [0.25, 0.3) is 0 Å². The molecule has 0 aromatic carbocycles. The summed E-state index contributed by atoms with van der Waals surface area (Å²) in [5.41, 5.74) is 1.17. The van der Waals surface area contributed by atoms with Crippen LogP contribution in [0.3, 0.4) is 0 Å². The summed E-state index contributed by atoms with van der Waals surface area (Å²) in [6, 6.07) is 5.92. The van der Waals surface area contributed by atoms with Crippen LogP contribution in [0.15, 0.2) is 36.5 Å². The Kier molecular flexibility index (Phi) is 5.09. The Morgan fingerprint density at radius 1 is 1.31 bits per heavy atom. The molecule has 0 N–H and O–H groups in total. The summed E-state index contributed by atoms with van der Waals surface area (Å²) in [7, 11) is 2.19. The highest BCUT2D eigenvalue weighted by molar-refractivity contribution is 5.80. The predicted molar refractivity (Wildman–Crippen MR) is 100 cm³/mol. The van der Waals surface area contributed by atoms with Crippen molar-refractivity contribution in [3.63, 3.8) is 0 Å². The van der Waals surface area contributed by atoms with Crippen LogP contribution in [0, 0.1) is 17.3 Å². The summed E-state index contributed by atoms with van der Waals surface area (Å²) in [4.78, 5) is 21.7. The molecule has 4 rings (SSSR count). The minimum absolute atomic E-state index is 0.183. The van der Waals surface area contributed by atoms with E-state index >= 15 is 0 Å². The number of likely N-dealkylation sites (tertiary alicyclic amines) is 2. The maximum Gasteiger partial charge on any atom is 0.226 e. The molecule has 2 atom stereocenters. The number of ether oxygens (including phenoxy) is 1. The van der Waals surface area contributed by atoms with Gasteiger partial charge < -0.3 is 14.5 Å². The zero-order valence-electron chi connectivity index (χ0n) is 15.6. The van der Waals surface area contributed by atoms with Gasteiger partial charge in [0.1, 0.15) is 0 Å². The molecule has 0 radical (unpaired) electrons. The normalized spacial score (nSPS) is 29.3. The molecule has 3 heterocycles. The summed E-state index contributed by atoms with van der Waals surface area (Å²) >= 11 is 0. The minimum atomic E-state index is 0.183. The van der Waals surface area contributed by atoms with E-state index in [1.165, 1.54) is 0 Å². The van der Waals surface area contributed by atoms with Crippen LogP contribution in [0.1, 0.15) is 25.0 Å². The lowest BCUT2D eigenvalue weighted by Crippen LogP contribution is -2.39. The third-order valence-corrected chi connectivity index (χ3v) is 6.33. The van der Waals surface area contributed by atoms with Crippen LogP contribution in [0.2, 0.25) is 0 Å². The Morgan fingerprint density at radius 2 is 2.15 bits per heavy atom. The number of hydrogen-bond donors (Lipinski definition) is 0. The molecule has 0 saturated carbocycles.